The molecule has 45 heavy (non-hydrogen) atoms. The minimum atomic E-state index is -0.462. The summed E-state index contributed by atoms with van der Waals surface area (Å²) in [6, 6.07) is 42.9. The number of rotatable bonds is 9. The highest BCUT2D eigenvalue weighted by atomic mass is 16.5. The van der Waals surface area contributed by atoms with E-state index in [-0.39, 0.29) is 5.92 Å². The minimum absolute atomic E-state index is 0.290. The van der Waals surface area contributed by atoms with Crippen LogP contribution >= 0.6 is 0 Å². The number of hydrogen-bond acceptors (Lipinski definition) is 7. The van der Waals surface area contributed by atoms with Gasteiger partial charge in [-0.25, -0.2) is 4.99 Å². The molecule has 0 aromatic heterocycles. The van der Waals surface area contributed by atoms with Gasteiger partial charge in [-0.2, -0.15) is 0 Å². The smallest absolute Gasteiger partial charge is 0.145 e. The number of ether oxygens (including phenoxy) is 3. The van der Waals surface area contributed by atoms with E-state index < -0.39 is 6.10 Å². The van der Waals surface area contributed by atoms with Crippen molar-refractivity contribution in [3.63, 3.8) is 0 Å². The average molecular weight is 599 g/mol. The largest absolute Gasteiger partial charge is 0.496 e. The topological polar surface area (TPSA) is 58.6 Å². The molecule has 0 saturated heterocycles. The van der Waals surface area contributed by atoms with Crippen LogP contribution in [-0.2, 0) is 0 Å². The minimum Gasteiger partial charge on any atom is -0.496 e. The van der Waals surface area contributed by atoms with Gasteiger partial charge < -0.3 is 24.4 Å². The van der Waals surface area contributed by atoms with Gasteiger partial charge in [0, 0.05) is 49.3 Å². The van der Waals surface area contributed by atoms with Crippen molar-refractivity contribution in [2.45, 2.75) is 6.10 Å². The lowest BCUT2D eigenvalue weighted by molar-refractivity contribution is 0.171. The van der Waals surface area contributed by atoms with Crippen LogP contribution in [0.3, 0.4) is 0 Å². The Balaban J connectivity index is 1.58. The number of anilines is 4. The van der Waals surface area contributed by atoms with Crippen LogP contribution in [0.4, 0.5) is 28.4 Å². The molecule has 7 nitrogen and oxygen atoms in total. The molecule has 228 valence electrons. The summed E-state index contributed by atoms with van der Waals surface area (Å²) < 4.78 is 18.7. The van der Waals surface area contributed by atoms with Crippen molar-refractivity contribution in [2.75, 3.05) is 50.0 Å². The monoisotopic (exact) mass is 598 g/mol. The Morgan fingerprint density at radius 1 is 0.689 bits per heavy atom. The van der Waals surface area contributed by atoms with E-state index in [1.807, 2.05) is 74.8 Å². The molecular weight excluding hydrogens is 560 g/mol. The standard InChI is InChI=1S/C38H38N4O3/c1-41(2)29-23-24-30(36(25-29)44-4)37-31(26-39-32-19-11-13-21-34(32)43-3)38(40-33-20-12-14-22-35(33)45-37)42(27-15-7-5-8-16-27)28-17-9-6-10-18-28/h5-25,31,37,39H,26H2,1-4H3. The summed E-state index contributed by atoms with van der Waals surface area (Å²) >= 11 is 0. The molecule has 1 aliphatic heterocycles. The normalized spacial score (nSPS) is 15.5. The van der Waals surface area contributed by atoms with Crippen molar-refractivity contribution < 1.29 is 14.2 Å². The highest BCUT2D eigenvalue weighted by molar-refractivity contribution is 6.07. The van der Waals surface area contributed by atoms with Gasteiger partial charge in [0.1, 0.15) is 34.9 Å². The van der Waals surface area contributed by atoms with Gasteiger partial charge >= 0.3 is 0 Å². The lowest BCUT2D eigenvalue weighted by Crippen LogP contribution is -2.40. The van der Waals surface area contributed by atoms with Gasteiger partial charge in [0.15, 0.2) is 0 Å². The molecule has 0 fully saturated rings. The highest BCUT2D eigenvalue weighted by Crippen LogP contribution is 2.45. The van der Waals surface area contributed by atoms with Crippen LogP contribution in [-0.4, -0.2) is 40.7 Å². The molecule has 1 aliphatic rings. The molecule has 0 bridgehead atoms. The summed E-state index contributed by atoms with van der Waals surface area (Å²) in [6.07, 6.45) is -0.462. The molecule has 6 rings (SSSR count). The van der Waals surface area contributed by atoms with Crippen LogP contribution in [0.5, 0.6) is 17.2 Å². The fraction of sp³-hybridized carbons (Fsp3) is 0.184. The molecule has 7 heteroatoms. The van der Waals surface area contributed by atoms with E-state index in [0.29, 0.717) is 12.3 Å². The van der Waals surface area contributed by atoms with Crippen LogP contribution in [0.15, 0.2) is 132 Å². The number of para-hydroxylation sites is 6. The number of nitrogens with one attached hydrogen (secondary N) is 1. The zero-order chi connectivity index (χ0) is 31.2. The highest BCUT2D eigenvalue weighted by Gasteiger charge is 2.38. The zero-order valence-electron chi connectivity index (χ0n) is 26.1. The predicted octanol–water partition coefficient (Wildman–Crippen LogP) is 8.50. The van der Waals surface area contributed by atoms with Crippen LogP contribution in [0.2, 0.25) is 0 Å². The summed E-state index contributed by atoms with van der Waals surface area (Å²) in [5.74, 6) is 2.77. The molecule has 2 atom stereocenters. The molecule has 0 aliphatic carbocycles. The van der Waals surface area contributed by atoms with E-state index in [2.05, 4.69) is 81.8 Å². The van der Waals surface area contributed by atoms with E-state index in [9.17, 15) is 0 Å². The lowest BCUT2D eigenvalue weighted by atomic mass is 9.91. The number of fused-ring (bicyclic) bond motifs is 1. The molecule has 0 amide bonds. The van der Waals surface area contributed by atoms with Crippen molar-refractivity contribution >= 4 is 34.3 Å². The summed E-state index contributed by atoms with van der Waals surface area (Å²) in [5.41, 5.74) is 5.62. The van der Waals surface area contributed by atoms with E-state index in [0.717, 1.165) is 51.3 Å². The van der Waals surface area contributed by atoms with Crippen LogP contribution in [0, 0.1) is 5.92 Å². The summed E-state index contributed by atoms with van der Waals surface area (Å²) in [5, 5.41) is 3.68. The van der Waals surface area contributed by atoms with Gasteiger partial charge in [-0.05, 0) is 60.7 Å². The van der Waals surface area contributed by atoms with Crippen molar-refractivity contribution in [3.05, 3.63) is 133 Å². The molecule has 5 aromatic carbocycles. The summed E-state index contributed by atoms with van der Waals surface area (Å²) in [6.45, 7) is 0.493. The maximum atomic E-state index is 6.99. The van der Waals surface area contributed by atoms with Crippen molar-refractivity contribution in [1.82, 2.24) is 0 Å². The summed E-state index contributed by atoms with van der Waals surface area (Å²) in [4.78, 5) is 9.70. The summed E-state index contributed by atoms with van der Waals surface area (Å²) in [7, 11) is 7.44. The second-order valence-electron chi connectivity index (χ2n) is 11.0. The zero-order valence-corrected chi connectivity index (χ0v) is 26.1. The van der Waals surface area contributed by atoms with Gasteiger partial charge in [-0.3, -0.25) is 4.90 Å². The number of benzene rings is 5. The Bertz CT molecular complexity index is 1720. The van der Waals surface area contributed by atoms with E-state index >= 15 is 0 Å². The predicted molar refractivity (Wildman–Crippen MR) is 184 cm³/mol. The third-order valence-electron chi connectivity index (χ3n) is 7.97. The third-order valence-corrected chi connectivity index (χ3v) is 7.97. The number of methoxy groups -OCH3 is 2. The van der Waals surface area contributed by atoms with Crippen LogP contribution < -0.4 is 29.3 Å². The van der Waals surface area contributed by atoms with Gasteiger partial charge in [-0.1, -0.05) is 60.7 Å². The van der Waals surface area contributed by atoms with Crippen LogP contribution in [0.1, 0.15) is 11.7 Å². The quantitative estimate of drug-likeness (QED) is 0.184. The Labute approximate surface area is 265 Å². The maximum absolute atomic E-state index is 6.99. The van der Waals surface area contributed by atoms with Crippen LogP contribution in [0.25, 0.3) is 0 Å². The molecular formula is C38H38N4O3. The van der Waals surface area contributed by atoms with Crippen molar-refractivity contribution in [2.24, 2.45) is 10.9 Å². The first kappa shape index (κ1) is 29.6. The Morgan fingerprint density at radius 3 is 1.98 bits per heavy atom. The first-order valence-corrected chi connectivity index (χ1v) is 15.0. The second-order valence-corrected chi connectivity index (χ2v) is 11.0. The van der Waals surface area contributed by atoms with Gasteiger partial charge in [-0.15, -0.1) is 0 Å². The first-order valence-electron chi connectivity index (χ1n) is 15.0. The van der Waals surface area contributed by atoms with Crippen molar-refractivity contribution in [1.29, 1.82) is 0 Å². The fourth-order valence-electron chi connectivity index (χ4n) is 5.70. The maximum Gasteiger partial charge on any atom is 0.145 e. The SMILES string of the molecule is COc1ccccc1NCC1C(N(c2ccccc2)c2ccccc2)=Nc2ccccc2OC1c1ccc(N(C)C)cc1OC. The second kappa shape index (κ2) is 13.5. The number of hydrogen-bond donors (Lipinski definition) is 1. The molecule has 1 heterocycles. The fourth-order valence-corrected chi connectivity index (χ4v) is 5.70. The lowest BCUT2D eigenvalue weighted by Gasteiger charge is -2.35. The van der Waals surface area contributed by atoms with Gasteiger partial charge in [0.05, 0.1) is 25.8 Å². The molecule has 2 unspecified atom stereocenters. The molecule has 5 aromatic rings. The van der Waals surface area contributed by atoms with E-state index in [1.54, 1.807) is 14.2 Å². The molecule has 0 saturated carbocycles. The van der Waals surface area contributed by atoms with E-state index in [4.69, 9.17) is 19.2 Å². The molecule has 0 radical (unpaired) electrons. The Morgan fingerprint density at radius 2 is 1.31 bits per heavy atom. The Kier molecular flexibility index (Phi) is 8.87. The number of amidine groups is 1. The molecule has 1 N–H and O–H groups in total. The van der Waals surface area contributed by atoms with Gasteiger partial charge in [0.25, 0.3) is 0 Å². The first-order chi connectivity index (χ1) is 22.1. The number of nitrogens with zero attached hydrogens (tertiary/aromatic N) is 3. The number of aliphatic imine (C=N–C) groups is 1. The average Bonchev–Trinajstić information content (AvgIpc) is 3.25. The Hall–Kier alpha value is -5.43. The third kappa shape index (κ3) is 6.29. The molecule has 0 spiro atoms. The van der Waals surface area contributed by atoms with Gasteiger partial charge in [0.2, 0.25) is 0 Å². The van der Waals surface area contributed by atoms with Crippen molar-refractivity contribution in [3.8, 4) is 17.2 Å². The van der Waals surface area contributed by atoms with E-state index in [1.165, 1.54) is 0 Å².